The number of phenols is 3. The Morgan fingerprint density at radius 2 is 1.81 bits per heavy atom. The smallest absolute Gasteiger partial charge is 0.158 e. The van der Waals surface area contributed by atoms with Crippen LogP contribution in [0.2, 0.25) is 0 Å². The normalized spacial score (nSPS) is 19.1. The molecule has 4 nitrogen and oxygen atoms in total. The number of ether oxygens (including phenoxy) is 1. The molecule has 0 aromatic heterocycles. The summed E-state index contributed by atoms with van der Waals surface area (Å²) in [5, 5.41) is 30.9. The molecule has 1 atom stereocenters. The van der Waals surface area contributed by atoms with E-state index in [2.05, 4.69) is 6.58 Å². The Kier molecular flexibility index (Phi) is 3.38. The maximum Gasteiger partial charge on any atom is 0.158 e. The molecule has 0 saturated heterocycles. The van der Waals surface area contributed by atoms with Crippen molar-refractivity contribution in [1.82, 2.24) is 0 Å². The Hall–Kier alpha value is -2.88. The molecule has 0 saturated carbocycles. The monoisotopic (exact) mass is 350 g/mol. The van der Waals surface area contributed by atoms with Gasteiger partial charge >= 0.3 is 0 Å². The molecule has 1 unspecified atom stereocenters. The lowest BCUT2D eigenvalue weighted by Gasteiger charge is -2.34. The first-order valence-corrected chi connectivity index (χ1v) is 8.66. The fourth-order valence-corrected chi connectivity index (χ4v) is 3.88. The van der Waals surface area contributed by atoms with E-state index in [0.717, 1.165) is 27.8 Å². The third-order valence-corrected chi connectivity index (χ3v) is 5.22. The molecule has 1 aliphatic carbocycles. The highest BCUT2D eigenvalue weighted by Crippen LogP contribution is 2.53. The van der Waals surface area contributed by atoms with Crippen LogP contribution in [0.3, 0.4) is 0 Å². The van der Waals surface area contributed by atoms with Crippen molar-refractivity contribution in [1.29, 1.82) is 0 Å². The van der Waals surface area contributed by atoms with Gasteiger partial charge in [-0.05, 0) is 74.2 Å². The van der Waals surface area contributed by atoms with Crippen molar-refractivity contribution in [2.75, 3.05) is 0 Å². The molecule has 1 heterocycles. The molecule has 3 N–H and O–H groups in total. The van der Waals surface area contributed by atoms with Crippen LogP contribution in [-0.4, -0.2) is 20.9 Å². The molecule has 4 rings (SSSR count). The predicted octanol–water partition coefficient (Wildman–Crippen LogP) is 4.87. The van der Waals surface area contributed by atoms with Gasteiger partial charge in [0.15, 0.2) is 11.5 Å². The molecule has 0 fully saturated rings. The zero-order chi connectivity index (χ0) is 18.8. The maximum absolute atomic E-state index is 11.0. The van der Waals surface area contributed by atoms with Gasteiger partial charge in [-0.2, -0.15) is 0 Å². The SMILES string of the molecule is C=C(C)C1Cc2cc(O)c(O)cc2-c2cc3c(c(O)c21)C=CC(C)(C)O3. The molecular weight excluding hydrogens is 328 g/mol. The summed E-state index contributed by atoms with van der Waals surface area (Å²) in [6.45, 7) is 9.94. The second kappa shape index (κ2) is 5.31. The van der Waals surface area contributed by atoms with E-state index < -0.39 is 5.60 Å². The summed E-state index contributed by atoms with van der Waals surface area (Å²) >= 11 is 0. The molecule has 26 heavy (non-hydrogen) atoms. The van der Waals surface area contributed by atoms with Crippen LogP contribution < -0.4 is 4.74 Å². The van der Waals surface area contributed by atoms with Gasteiger partial charge in [-0.25, -0.2) is 0 Å². The number of rotatable bonds is 1. The van der Waals surface area contributed by atoms with Crippen molar-refractivity contribution in [3.05, 3.63) is 53.1 Å². The summed E-state index contributed by atoms with van der Waals surface area (Å²) in [7, 11) is 0. The summed E-state index contributed by atoms with van der Waals surface area (Å²) in [4.78, 5) is 0. The van der Waals surface area contributed by atoms with Gasteiger partial charge in [0.1, 0.15) is 17.1 Å². The lowest BCUT2D eigenvalue weighted by Crippen LogP contribution is -2.28. The third-order valence-electron chi connectivity index (χ3n) is 5.22. The van der Waals surface area contributed by atoms with Crippen LogP contribution in [-0.2, 0) is 6.42 Å². The highest BCUT2D eigenvalue weighted by atomic mass is 16.5. The zero-order valence-corrected chi connectivity index (χ0v) is 15.1. The van der Waals surface area contributed by atoms with Crippen molar-refractivity contribution in [2.45, 2.75) is 38.7 Å². The first-order chi connectivity index (χ1) is 12.2. The van der Waals surface area contributed by atoms with Crippen molar-refractivity contribution in [3.63, 3.8) is 0 Å². The van der Waals surface area contributed by atoms with Gasteiger partial charge in [0, 0.05) is 11.5 Å². The average molecular weight is 350 g/mol. The number of hydrogen-bond acceptors (Lipinski definition) is 4. The number of allylic oxidation sites excluding steroid dienone is 1. The average Bonchev–Trinajstić information content (AvgIpc) is 2.54. The van der Waals surface area contributed by atoms with Gasteiger partial charge in [0.2, 0.25) is 0 Å². The largest absolute Gasteiger partial charge is 0.507 e. The van der Waals surface area contributed by atoms with Gasteiger partial charge in [-0.15, -0.1) is 0 Å². The fourth-order valence-electron chi connectivity index (χ4n) is 3.88. The molecule has 0 radical (unpaired) electrons. The van der Waals surface area contributed by atoms with Crippen LogP contribution >= 0.6 is 0 Å². The molecule has 134 valence electrons. The second-order valence-electron chi connectivity index (χ2n) is 7.74. The van der Waals surface area contributed by atoms with Crippen LogP contribution in [0.4, 0.5) is 0 Å². The number of fused-ring (bicyclic) bond motifs is 4. The molecule has 0 spiro atoms. The summed E-state index contributed by atoms with van der Waals surface area (Å²) in [6.07, 6.45) is 4.43. The number of aromatic hydroxyl groups is 3. The molecular formula is C22H22O4. The van der Waals surface area contributed by atoms with Crippen LogP contribution in [0.1, 0.15) is 43.4 Å². The summed E-state index contributed by atoms with van der Waals surface area (Å²) in [6, 6.07) is 5.05. The van der Waals surface area contributed by atoms with Crippen molar-refractivity contribution < 1.29 is 20.1 Å². The van der Waals surface area contributed by atoms with Crippen molar-refractivity contribution >= 4 is 6.08 Å². The number of phenolic OH excluding ortho intramolecular Hbond substituents is 3. The minimum absolute atomic E-state index is 0.0740. The molecule has 2 aliphatic rings. The van der Waals surface area contributed by atoms with Crippen molar-refractivity contribution in [2.24, 2.45) is 0 Å². The van der Waals surface area contributed by atoms with Gasteiger partial charge in [0.25, 0.3) is 0 Å². The Morgan fingerprint density at radius 1 is 1.12 bits per heavy atom. The van der Waals surface area contributed by atoms with E-state index in [-0.39, 0.29) is 23.2 Å². The van der Waals surface area contributed by atoms with Crippen LogP contribution in [0, 0.1) is 0 Å². The first-order valence-electron chi connectivity index (χ1n) is 8.66. The molecule has 4 heteroatoms. The molecule has 1 aliphatic heterocycles. The number of hydrogen-bond donors (Lipinski definition) is 3. The van der Waals surface area contributed by atoms with Crippen LogP contribution in [0.5, 0.6) is 23.0 Å². The molecule has 2 aromatic rings. The van der Waals surface area contributed by atoms with E-state index in [1.165, 1.54) is 0 Å². The topological polar surface area (TPSA) is 69.9 Å². The van der Waals surface area contributed by atoms with E-state index in [1.807, 2.05) is 39.0 Å². The zero-order valence-electron chi connectivity index (χ0n) is 15.1. The van der Waals surface area contributed by atoms with E-state index in [0.29, 0.717) is 17.7 Å². The van der Waals surface area contributed by atoms with E-state index in [4.69, 9.17) is 4.74 Å². The Bertz CT molecular complexity index is 982. The highest BCUT2D eigenvalue weighted by molar-refractivity contribution is 5.84. The van der Waals surface area contributed by atoms with Gasteiger partial charge in [-0.3, -0.25) is 0 Å². The van der Waals surface area contributed by atoms with E-state index >= 15 is 0 Å². The molecule has 0 amide bonds. The Labute approximate surface area is 152 Å². The van der Waals surface area contributed by atoms with Gasteiger partial charge < -0.3 is 20.1 Å². The summed E-state index contributed by atoms with van der Waals surface area (Å²) in [5.74, 6) is 0.400. The van der Waals surface area contributed by atoms with Gasteiger partial charge in [-0.1, -0.05) is 12.2 Å². The Balaban J connectivity index is 2.04. The van der Waals surface area contributed by atoms with Crippen molar-refractivity contribution in [3.8, 4) is 34.1 Å². The highest BCUT2D eigenvalue weighted by Gasteiger charge is 2.33. The fraction of sp³-hybridized carbons (Fsp3) is 0.273. The summed E-state index contributed by atoms with van der Waals surface area (Å²) < 4.78 is 6.05. The maximum atomic E-state index is 11.0. The number of benzene rings is 2. The van der Waals surface area contributed by atoms with E-state index in [1.54, 1.807) is 12.1 Å². The quantitative estimate of drug-likeness (QED) is 0.507. The lowest BCUT2D eigenvalue weighted by molar-refractivity contribution is 0.158. The van der Waals surface area contributed by atoms with Crippen LogP contribution in [0.15, 0.2) is 36.4 Å². The van der Waals surface area contributed by atoms with Crippen LogP contribution in [0.25, 0.3) is 17.2 Å². The lowest BCUT2D eigenvalue weighted by atomic mass is 9.74. The first kappa shape index (κ1) is 16.6. The minimum atomic E-state index is -0.462. The standard InChI is InChI=1S/C22H22O4/c1-11(2)14-7-12-8-17(23)18(24)9-15(12)16-10-19-13(21(25)20(14)16)5-6-22(3,4)26-19/h5-6,8-10,14,23-25H,1,7H2,2-4H3. The van der Waals surface area contributed by atoms with Gasteiger partial charge in [0.05, 0.1) is 5.56 Å². The molecule has 0 bridgehead atoms. The predicted molar refractivity (Wildman–Crippen MR) is 102 cm³/mol. The van der Waals surface area contributed by atoms with E-state index in [9.17, 15) is 15.3 Å². The summed E-state index contributed by atoms with van der Waals surface area (Å²) in [5.41, 5.74) is 4.43. The second-order valence-corrected chi connectivity index (χ2v) is 7.74. The minimum Gasteiger partial charge on any atom is -0.507 e. The Morgan fingerprint density at radius 3 is 2.50 bits per heavy atom. The molecule has 2 aromatic carbocycles. The third kappa shape index (κ3) is 2.37.